The van der Waals surface area contributed by atoms with Crippen LogP contribution in [0.1, 0.15) is 16.7 Å². The lowest BCUT2D eigenvalue weighted by Gasteiger charge is -2.27. The van der Waals surface area contributed by atoms with Crippen LogP contribution in [0, 0.1) is 6.92 Å². The number of barbiturate groups is 1. The molecule has 1 aliphatic heterocycles. The van der Waals surface area contributed by atoms with Gasteiger partial charge < -0.3 is 9.47 Å². The van der Waals surface area contributed by atoms with E-state index in [1.54, 1.807) is 67.6 Å². The SMILES string of the molecule is COc1cc(/C=C2\C(=O)NC(=O)N(c3ccccc3C)C2=O)ccc1OC(=O)/C=C/c1ccc(Cl)cc1. The van der Waals surface area contributed by atoms with Gasteiger partial charge in [0.2, 0.25) is 0 Å². The quantitative estimate of drug-likeness (QED) is 0.215. The van der Waals surface area contributed by atoms with Crippen molar-refractivity contribution in [3.63, 3.8) is 0 Å². The van der Waals surface area contributed by atoms with Gasteiger partial charge in [-0.2, -0.15) is 0 Å². The van der Waals surface area contributed by atoms with E-state index in [1.807, 2.05) is 0 Å². The molecule has 1 heterocycles. The maximum Gasteiger partial charge on any atom is 0.336 e. The van der Waals surface area contributed by atoms with Crippen molar-refractivity contribution >= 4 is 53.3 Å². The number of hydrogen-bond donors (Lipinski definition) is 1. The van der Waals surface area contributed by atoms with Gasteiger partial charge in [-0.15, -0.1) is 0 Å². The van der Waals surface area contributed by atoms with E-state index in [0.29, 0.717) is 21.8 Å². The van der Waals surface area contributed by atoms with Crippen molar-refractivity contribution in [3.05, 3.63) is 100 Å². The summed E-state index contributed by atoms with van der Waals surface area (Å²) in [5.41, 5.74) is 2.02. The highest BCUT2D eigenvalue weighted by atomic mass is 35.5. The molecular weight excluding hydrogens is 496 g/mol. The van der Waals surface area contributed by atoms with Crippen LogP contribution in [0.15, 0.2) is 78.4 Å². The molecule has 4 amide bonds. The maximum absolute atomic E-state index is 13.1. The predicted octanol–water partition coefficient (Wildman–Crippen LogP) is 4.94. The molecule has 9 heteroatoms. The van der Waals surface area contributed by atoms with Crippen LogP contribution in [0.5, 0.6) is 11.5 Å². The first kappa shape index (κ1) is 25.4. The van der Waals surface area contributed by atoms with Crippen LogP contribution in [0.3, 0.4) is 0 Å². The van der Waals surface area contributed by atoms with Gasteiger partial charge in [0.1, 0.15) is 5.57 Å². The summed E-state index contributed by atoms with van der Waals surface area (Å²) < 4.78 is 10.7. The van der Waals surface area contributed by atoms with E-state index in [0.717, 1.165) is 10.5 Å². The molecule has 186 valence electrons. The topological polar surface area (TPSA) is 102 Å². The summed E-state index contributed by atoms with van der Waals surface area (Å²) in [6.07, 6.45) is 4.18. The number of hydrogen-bond acceptors (Lipinski definition) is 6. The number of benzene rings is 3. The first-order valence-electron chi connectivity index (χ1n) is 11.1. The minimum absolute atomic E-state index is 0.145. The number of anilines is 1. The number of methoxy groups -OCH3 is 1. The number of esters is 1. The number of para-hydroxylation sites is 1. The van der Waals surface area contributed by atoms with Gasteiger partial charge in [0.05, 0.1) is 12.8 Å². The Morgan fingerprint density at radius 1 is 0.946 bits per heavy atom. The average Bonchev–Trinajstić information content (AvgIpc) is 2.88. The van der Waals surface area contributed by atoms with Crippen molar-refractivity contribution in [2.45, 2.75) is 6.92 Å². The highest BCUT2D eigenvalue weighted by Gasteiger charge is 2.37. The monoisotopic (exact) mass is 516 g/mol. The fourth-order valence-electron chi connectivity index (χ4n) is 3.60. The molecule has 1 N–H and O–H groups in total. The van der Waals surface area contributed by atoms with Crippen molar-refractivity contribution in [2.75, 3.05) is 12.0 Å². The zero-order chi connectivity index (χ0) is 26.5. The molecule has 3 aromatic carbocycles. The van der Waals surface area contributed by atoms with Gasteiger partial charge in [0, 0.05) is 11.1 Å². The third-order valence-electron chi connectivity index (χ3n) is 5.45. The zero-order valence-corrected chi connectivity index (χ0v) is 20.6. The Morgan fingerprint density at radius 3 is 2.35 bits per heavy atom. The van der Waals surface area contributed by atoms with Crippen LogP contribution < -0.4 is 19.7 Å². The Kier molecular flexibility index (Phi) is 7.50. The van der Waals surface area contributed by atoms with E-state index >= 15 is 0 Å². The first-order valence-corrected chi connectivity index (χ1v) is 11.4. The number of carbonyl (C=O) groups is 4. The van der Waals surface area contributed by atoms with Gasteiger partial charge in [0.15, 0.2) is 11.5 Å². The minimum atomic E-state index is -0.826. The Morgan fingerprint density at radius 2 is 1.65 bits per heavy atom. The van der Waals surface area contributed by atoms with E-state index in [2.05, 4.69) is 5.32 Å². The van der Waals surface area contributed by atoms with E-state index in [1.165, 1.54) is 31.4 Å². The van der Waals surface area contributed by atoms with Crippen LogP contribution in [0.4, 0.5) is 10.5 Å². The van der Waals surface area contributed by atoms with Gasteiger partial charge >= 0.3 is 12.0 Å². The smallest absolute Gasteiger partial charge is 0.336 e. The summed E-state index contributed by atoms with van der Waals surface area (Å²) in [6, 6.07) is 17.5. The lowest BCUT2D eigenvalue weighted by atomic mass is 10.1. The fourth-order valence-corrected chi connectivity index (χ4v) is 3.72. The van der Waals surface area contributed by atoms with Crippen LogP contribution in [-0.4, -0.2) is 30.9 Å². The molecule has 1 aliphatic rings. The van der Waals surface area contributed by atoms with Crippen molar-refractivity contribution in [1.29, 1.82) is 0 Å². The molecule has 0 bridgehead atoms. The van der Waals surface area contributed by atoms with Crippen molar-refractivity contribution < 1.29 is 28.7 Å². The molecule has 4 rings (SSSR count). The number of imide groups is 2. The van der Waals surface area contributed by atoms with Gasteiger partial charge in [-0.25, -0.2) is 14.5 Å². The summed E-state index contributed by atoms with van der Waals surface area (Å²) in [4.78, 5) is 51.3. The molecule has 0 spiro atoms. The standard InChI is InChI=1S/C28H21ClN2O6/c1-17-5-3-4-6-22(17)31-27(34)21(26(33)30-28(31)35)15-19-9-13-23(24(16-19)36-2)37-25(32)14-10-18-7-11-20(29)12-8-18/h3-16H,1-2H3,(H,30,33,35)/b14-10+,21-15+. The third-order valence-corrected chi connectivity index (χ3v) is 5.70. The lowest BCUT2D eigenvalue weighted by Crippen LogP contribution is -2.54. The van der Waals surface area contributed by atoms with Gasteiger partial charge in [-0.1, -0.05) is 48.0 Å². The molecule has 1 fully saturated rings. The summed E-state index contributed by atoms with van der Waals surface area (Å²) in [6.45, 7) is 1.76. The molecule has 0 atom stereocenters. The Balaban J connectivity index is 1.56. The Hall–Kier alpha value is -4.69. The predicted molar refractivity (Wildman–Crippen MR) is 139 cm³/mol. The van der Waals surface area contributed by atoms with Crippen molar-refractivity contribution in [3.8, 4) is 11.5 Å². The number of ether oxygens (including phenoxy) is 2. The van der Waals surface area contributed by atoms with E-state index in [9.17, 15) is 19.2 Å². The molecule has 0 unspecified atom stereocenters. The number of halogens is 1. The lowest BCUT2D eigenvalue weighted by molar-refractivity contribution is -0.129. The maximum atomic E-state index is 13.1. The molecule has 3 aromatic rings. The van der Waals surface area contributed by atoms with Gasteiger partial charge in [-0.05, 0) is 66.1 Å². The normalized spacial score (nSPS) is 14.7. The highest BCUT2D eigenvalue weighted by Crippen LogP contribution is 2.30. The molecule has 0 saturated carbocycles. The fraction of sp³-hybridized carbons (Fsp3) is 0.0714. The average molecular weight is 517 g/mol. The largest absolute Gasteiger partial charge is 0.493 e. The first-order chi connectivity index (χ1) is 17.8. The minimum Gasteiger partial charge on any atom is -0.493 e. The Labute approximate surface area is 217 Å². The molecule has 0 radical (unpaired) electrons. The molecule has 1 saturated heterocycles. The van der Waals surface area contributed by atoms with Gasteiger partial charge in [-0.3, -0.25) is 14.9 Å². The number of nitrogens with one attached hydrogen (secondary N) is 1. The number of aryl methyl sites for hydroxylation is 1. The van der Waals surface area contributed by atoms with Crippen LogP contribution in [-0.2, 0) is 14.4 Å². The van der Waals surface area contributed by atoms with Crippen molar-refractivity contribution in [2.24, 2.45) is 0 Å². The van der Waals surface area contributed by atoms with E-state index in [-0.39, 0.29) is 17.1 Å². The molecule has 8 nitrogen and oxygen atoms in total. The number of nitrogens with zero attached hydrogens (tertiary/aromatic N) is 1. The molecule has 0 aliphatic carbocycles. The number of carbonyl (C=O) groups excluding carboxylic acids is 4. The van der Waals surface area contributed by atoms with Gasteiger partial charge in [0.25, 0.3) is 11.8 Å². The molecule has 0 aromatic heterocycles. The summed E-state index contributed by atoms with van der Waals surface area (Å²) in [5, 5.41) is 2.78. The van der Waals surface area contributed by atoms with E-state index in [4.69, 9.17) is 21.1 Å². The molecule has 37 heavy (non-hydrogen) atoms. The zero-order valence-electron chi connectivity index (χ0n) is 19.9. The second-order valence-electron chi connectivity index (χ2n) is 7.96. The third kappa shape index (κ3) is 5.76. The molecular formula is C28H21ClN2O6. The number of urea groups is 1. The van der Waals surface area contributed by atoms with Crippen LogP contribution >= 0.6 is 11.6 Å². The van der Waals surface area contributed by atoms with Crippen LogP contribution in [0.25, 0.3) is 12.2 Å². The number of rotatable bonds is 6. The van der Waals surface area contributed by atoms with E-state index < -0.39 is 23.8 Å². The Bertz CT molecular complexity index is 1460. The summed E-state index contributed by atoms with van der Waals surface area (Å²) >= 11 is 5.86. The second-order valence-corrected chi connectivity index (χ2v) is 8.40. The summed E-state index contributed by atoms with van der Waals surface area (Å²) in [7, 11) is 1.39. The highest BCUT2D eigenvalue weighted by molar-refractivity contribution is 6.39. The summed E-state index contributed by atoms with van der Waals surface area (Å²) in [5.74, 6) is -1.86. The number of amides is 4. The van der Waals surface area contributed by atoms with Crippen LogP contribution in [0.2, 0.25) is 5.02 Å². The van der Waals surface area contributed by atoms with Crippen molar-refractivity contribution in [1.82, 2.24) is 5.32 Å². The second kappa shape index (κ2) is 10.9.